The molecule has 10 nitrogen and oxygen atoms in total. The van der Waals surface area contributed by atoms with E-state index in [-0.39, 0.29) is 18.1 Å². The summed E-state index contributed by atoms with van der Waals surface area (Å²) in [5, 5.41) is 3.82. The molecule has 0 aliphatic carbocycles. The SMILES string of the molecule is CN(Cc1nc(-c2cccnc2)no1)C(=O)c1cc(=O)[nH]c(=O)[nH]1. The number of aromatic nitrogens is 5. The van der Waals surface area contributed by atoms with Crippen LogP contribution in [0.4, 0.5) is 0 Å². The fourth-order valence-corrected chi connectivity index (χ4v) is 2.00. The molecule has 0 saturated carbocycles. The number of hydrogen-bond donors (Lipinski definition) is 2. The zero-order valence-corrected chi connectivity index (χ0v) is 12.5. The van der Waals surface area contributed by atoms with Crippen molar-refractivity contribution in [3.8, 4) is 11.4 Å². The Hall–Kier alpha value is -3.56. The second-order valence-electron chi connectivity index (χ2n) is 4.92. The number of rotatable bonds is 4. The van der Waals surface area contributed by atoms with Crippen LogP contribution < -0.4 is 11.2 Å². The first-order valence-electron chi connectivity index (χ1n) is 6.85. The molecule has 0 bridgehead atoms. The molecule has 0 unspecified atom stereocenters. The Balaban J connectivity index is 1.76. The van der Waals surface area contributed by atoms with E-state index in [1.54, 1.807) is 24.5 Å². The highest BCUT2D eigenvalue weighted by Gasteiger charge is 2.17. The Morgan fingerprint density at radius 3 is 2.88 bits per heavy atom. The van der Waals surface area contributed by atoms with Crippen molar-refractivity contribution in [2.24, 2.45) is 0 Å². The van der Waals surface area contributed by atoms with Gasteiger partial charge in [-0.25, -0.2) is 4.79 Å². The molecule has 3 aromatic heterocycles. The lowest BCUT2D eigenvalue weighted by Crippen LogP contribution is -2.32. The van der Waals surface area contributed by atoms with E-state index in [1.807, 2.05) is 4.98 Å². The zero-order chi connectivity index (χ0) is 17.1. The summed E-state index contributed by atoms with van der Waals surface area (Å²) in [6.07, 6.45) is 3.21. The van der Waals surface area contributed by atoms with Gasteiger partial charge in [0.05, 0.1) is 0 Å². The number of H-pyrrole nitrogens is 2. The maximum Gasteiger partial charge on any atom is 0.326 e. The highest BCUT2D eigenvalue weighted by Crippen LogP contribution is 2.14. The van der Waals surface area contributed by atoms with Gasteiger partial charge in [0.15, 0.2) is 0 Å². The molecule has 0 atom stereocenters. The second-order valence-corrected chi connectivity index (χ2v) is 4.92. The largest absolute Gasteiger partial charge is 0.337 e. The molecule has 3 heterocycles. The lowest BCUT2D eigenvalue weighted by atomic mass is 10.3. The number of carbonyl (C=O) groups is 1. The first kappa shape index (κ1) is 15.3. The summed E-state index contributed by atoms with van der Waals surface area (Å²) >= 11 is 0. The van der Waals surface area contributed by atoms with Crippen LogP contribution >= 0.6 is 0 Å². The predicted molar refractivity (Wildman–Crippen MR) is 81.0 cm³/mol. The molecular weight excluding hydrogens is 316 g/mol. The Morgan fingerprint density at radius 1 is 1.33 bits per heavy atom. The monoisotopic (exact) mass is 328 g/mol. The van der Waals surface area contributed by atoms with Gasteiger partial charge in [-0.05, 0) is 12.1 Å². The number of amides is 1. The molecule has 0 fully saturated rings. The number of aromatic amines is 2. The maximum atomic E-state index is 12.2. The molecule has 122 valence electrons. The summed E-state index contributed by atoms with van der Waals surface area (Å²) in [5.41, 5.74) is -0.860. The first-order valence-corrected chi connectivity index (χ1v) is 6.85. The van der Waals surface area contributed by atoms with Crippen molar-refractivity contribution in [2.75, 3.05) is 7.05 Å². The van der Waals surface area contributed by atoms with E-state index in [4.69, 9.17) is 4.52 Å². The summed E-state index contributed by atoms with van der Waals surface area (Å²) < 4.78 is 5.10. The van der Waals surface area contributed by atoms with Gasteiger partial charge in [0.1, 0.15) is 12.2 Å². The Morgan fingerprint density at radius 2 is 2.17 bits per heavy atom. The molecule has 3 aromatic rings. The summed E-state index contributed by atoms with van der Waals surface area (Å²) in [4.78, 5) is 48.4. The molecule has 0 radical (unpaired) electrons. The highest BCUT2D eigenvalue weighted by molar-refractivity contribution is 5.91. The van der Waals surface area contributed by atoms with E-state index in [0.717, 1.165) is 6.07 Å². The van der Waals surface area contributed by atoms with E-state index in [9.17, 15) is 14.4 Å². The zero-order valence-electron chi connectivity index (χ0n) is 12.5. The molecule has 0 saturated heterocycles. The van der Waals surface area contributed by atoms with Gasteiger partial charge in [-0.2, -0.15) is 4.98 Å². The number of nitrogens with one attached hydrogen (secondary N) is 2. The topological polar surface area (TPSA) is 138 Å². The molecular formula is C14H12N6O4. The van der Waals surface area contributed by atoms with Crippen LogP contribution in [-0.4, -0.2) is 42.9 Å². The van der Waals surface area contributed by atoms with Gasteiger partial charge < -0.3 is 14.4 Å². The van der Waals surface area contributed by atoms with Crippen molar-refractivity contribution in [3.63, 3.8) is 0 Å². The van der Waals surface area contributed by atoms with E-state index in [0.29, 0.717) is 11.4 Å². The van der Waals surface area contributed by atoms with Gasteiger partial charge in [0.25, 0.3) is 11.5 Å². The fourth-order valence-electron chi connectivity index (χ4n) is 2.00. The number of pyridine rings is 1. The van der Waals surface area contributed by atoms with Crippen LogP contribution in [0.15, 0.2) is 44.7 Å². The molecule has 0 aromatic carbocycles. The van der Waals surface area contributed by atoms with Gasteiger partial charge in [-0.1, -0.05) is 5.16 Å². The van der Waals surface area contributed by atoms with Crippen LogP contribution in [0.3, 0.4) is 0 Å². The van der Waals surface area contributed by atoms with E-state index < -0.39 is 17.2 Å². The van der Waals surface area contributed by atoms with Crippen molar-refractivity contribution < 1.29 is 9.32 Å². The smallest absolute Gasteiger partial charge is 0.326 e. The number of carbonyl (C=O) groups excluding carboxylic acids is 1. The quantitative estimate of drug-likeness (QED) is 0.675. The highest BCUT2D eigenvalue weighted by atomic mass is 16.5. The lowest BCUT2D eigenvalue weighted by molar-refractivity contribution is 0.0763. The van der Waals surface area contributed by atoms with E-state index in [1.165, 1.54) is 11.9 Å². The van der Waals surface area contributed by atoms with Gasteiger partial charge >= 0.3 is 5.69 Å². The van der Waals surface area contributed by atoms with Gasteiger partial charge in [0, 0.05) is 31.1 Å². The molecule has 3 rings (SSSR count). The van der Waals surface area contributed by atoms with Crippen molar-refractivity contribution in [2.45, 2.75) is 6.54 Å². The molecule has 0 spiro atoms. The summed E-state index contributed by atoms with van der Waals surface area (Å²) in [7, 11) is 1.48. The van der Waals surface area contributed by atoms with Crippen molar-refractivity contribution in [1.29, 1.82) is 0 Å². The Labute approximate surface area is 134 Å². The molecule has 2 N–H and O–H groups in total. The lowest BCUT2D eigenvalue weighted by Gasteiger charge is -2.13. The average molecular weight is 328 g/mol. The Kier molecular flexibility index (Phi) is 4.01. The molecule has 0 aliphatic rings. The predicted octanol–water partition coefficient (Wildman–Crippen LogP) is -0.220. The maximum absolute atomic E-state index is 12.2. The van der Waals surface area contributed by atoms with Crippen LogP contribution in [0.1, 0.15) is 16.4 Å². The van der Waals surface area contributed by atoms with Crippen LogP contribution in [0.5, 0.6) is 0 Å². The van der Waals surface area contributed by atoms with Crippen LogP contribution in [0, 0.1) is 0 Å². The first-order chi connectivity index (χ1) is 11.5. The van der Waals surface area contributed by atoms with Crippen molar-refractivity contribution >= 4 is 5.91 Å². The van der Waals surface area contributed by atoms with Crippen molar-refractivity contribution in [1.82, 2.24) is 30.0 Å². The standard InChI is InChI=1S/C14H12N6O4/c1-20(13(22)9-5-10(21)17-14(23)16-9)7-11-18-12(19-24-11)8-3-2-4-15-6-8/h2-6H,7H2,1H3,(H2,16,17,21,23). The second kappa shape index (κ2) is 6.28. The minimum Gasteiger partial charge on any atom is -0.337 e. The third-order valence-corrected chi connectivity index (χ3v) is 3.10. The number of hydrogen-bond acceptors (Lipinski definition) is 7. The Bertz CT molecular complexity index is 946. The average Bonchev–Trinajstić information content (AvgIpc) is 3.02. The van der Waals surface area contributed by atoms with Crippen LogP contribution in [0.2, 0.25) is 0 Å². The number of nitrogens with zero attached hydrogens (tertiary/aromatic N) is 4. The van der Waals surface area contributed by atoms with E-state index in [2.05, 4.69) is 20.1 Å². The minimum absolute atomic E-state index is 0.0148. The van der Waals surface area contributed by atoms with Gasteiger partial charge in [-0.15, -0.1) is 0 Å². The normalized spacial score (nSPS) is 10.5. The molecule has 1 amide bonds. The third-order valence-electron chi connectivity index (χ3n) is 3.10. The summed E-state index contributed by atoms with van der Waals surface area (Å²) in [5.74, 6) is -0.000250. The van der Waals surface area contributed by atoms with Crippen LogP contribution in [0.25, 0.3) is 11.4 Å². The van der Waals surface area contributed by atoms with E-state index >= 15 is 0 Å². The molecule has 24 heavy (non-hydrogen) atoms. The third kappa shape index (κ3) is 3.27. The summed E-state index contributed by atoms with van der Waals surface area (Å²) in [6.45, 7) is 0.0148. The fraction of sp³-hybridized carbons (Fsp3) is 0.143. The van der Waals surface area contributed by atoms with Gasteiger partial charge in [-0.3, -0.25) is 19.6 Å². The summed E-state index contributed by atoms with van der Waals surface area (Å²) in [6, 6.07) is 4.52. The van der Waals surface area contributed by atoms with Gasteiger partial charge in [0.2, 0.25) is 11.7 Å². The van der Waals surface area contributed by atoms with Crippen molar-refractivity contribution in [3.05, 3.63) is 63.0 Å². The van der Waals surface area contributed by atoms with Crippen LogP contribution in [-0.2, 0) is 6.54 Å². The molecule has 10 heteroatoms. The molecule has 0 aliphatic heterocycles. The minimum atomic E-state index is -0.754.